The van der Waals surface area contributed by atoms with Crippen LogP contribution in [0.5, 0.6) is 0 Å². The summed E-state index contributed by atoms with van der Waals surface area (Å²) >= 11 is 1.93. The number of aliphatic hydroxyl groups excluding tert-OH is 4. The largest absolute Gasteiger partial charge is 0.396 e. The Balaban J connectivity index is 1.87. The zero-order chi connectivity index (χ0) is 30.7. The lowest BCUT2D eigenvalue weighted by Crippen LogP contribution is -2.48. The molecule has 4 atom stereocenters. The molecule has 0 spiro atoms. The van der Waals surface area contributed by atoms with E-state index in [0.717, 1.165) is 55.5 Å². The molecule has 0 radical (unpaired) electrons. The maximum atomic E-state index is 12.7. The van der Waals surface area contributed by atoms with Crippen molar-refractivity contribution in [1.29, 1.82) is 0 Å². The minimum atomic E-state index is -1.48. The van der Waals surface area contributed by atoms with E-state index in [2.05, 4.69) is 59.0 Å². The number of hydrogen-bond donors (Lipinski definition) is 7. The SMILES string of the molecule is CCCCC1(CCCC)CSc2ccc(N(C)C)cc2[C@@H](c2cccc(NC(=O)NCC(O)C(O)C(O)CCO)c2)N1. The highest BCUT2D eigenvalue weighted by Gasteiger charge is 2.36. The lowest BCUT2D eigenvalue weighted by molar-refractivity contribution is -0.0634. The quantitative estimate of drug-likeness (QED) is 0.161. The molecule has 3 rings (SSSR count). The van der Waals surface area contributed by atoms with Crippen molar-refractivity contribution < 1.29 is 25.2 Å². The van der Waals surface area contributed by atoms with Gasteiger partial charge in [0.25, 0.3) is 0 Å². The second-order valence-corrected chi connectivity index (χ2v) is 12.6. The fourth-order valence-electron chi connectivity index (χ4n) is 5.37. The smallest absolute Gasteiger partial charge is 0.319 e. The number of anilines is 2. The van der Waals surface area contributed by atoms with Crippen molar-refractivity contribution >= 4 is 29.2 Å². The van der Waals surface area contributed by atoms with Crippen LogP contribution in [-0.4, -0.2) is 83.3 Å². The third-order valence-corrected chi connectivity index (χ3v) is 9.34. The molecule has 2 aromatic rings. The Morgan fingerprint density at radius 1 is 1.07 bits per heavy atom. The van der Waals surface area contributed by atoms with Crippen molar-refractivity contribution in [1.82, 2.24) is 10.6 Å². The lowest BCUT2D eigenvalue weighted by Gasteiger charge is -2.37. The summed E-state index contributed by atoms with van der Waals surface area (Å²) in [5, 5.41) is 48.4. The first-order chi connectivity index (χ1) is 20.1. The number of amides is 2. The zero-order valence-corrected chi connectivity index (χ0v) is 26.3. The van der Waals surface area contributed by atoms with Gasteiger partial charge < -0.3 is 36.0 Å². The van der Waals surface area contributed by atoms with Gasteiger partial charge in [0.05, 0.1) is 18.2 Å². The van der Waals surface area contributed by atoms with Crippen molar-refractivity contribution in [2.75, 3.05) is 43.2 Å². The van der Waals surface area contributed by atoms with Gasteiger partial charge in [0.1, 0.15) is 6.10 Å². The van der Waals surface area contributed by atoms with Crippen LogP contribution in [0.3, 0.4) is 0 Å². The number of unbranched alkanes of at least 4 members (excludes halogenated alkanes) is 2. The molecule has 9 nitrogen and oxygen atoms in total. The minimum Gasteiger partial charge on any atom is -0.396 e. The van der Waals surface area contributed by atoms with Gasteiger partial charge in [-0.2, -0.15) is 0 Å². The summed E-state index contributed by atoms with van der Waals surface area (Å²) in [4.78, 5) is 16.1. The maximum absolute atomic E-state index is 12.7. The molecule has 10 heteroatoms. The molecule has 234 valence electrons. The number of benzene rings is 2. The monoisotopic (exact) mass is 602 g/mol. The van der Waals surface area contributed by atoms with Crippen LogP contribution in [0.4, 0.5) is 16.2 Å². The third-order valence-electron chi connectivity index (χ3n) is 7.96. The van der Waals surface area contributed by atoms with E-state index in [0.29, 0.717) is 5.69 Å². The van der Waals surface area contributed by atoms with E-state index in [9.17, 15) is 20.1 Å². The van der Waals surface area contributed by atoms with E-state index in [1.807, 2.05) is 44.1 Å². The minimum absolute atomic E-state index is 0.0168. The Labute approximate surface area is 255 Å². The molecular formula is C32H50N4O5S. The summed E-state index contributed by atoms with van der Waals surface area (Å²) in [6.07, 6.45) is 2.59. The number of urea groups is 1. The molecule has 1 heterocycles. The molecule has 2 amide bonds. The molecular weight excluding hydrogens is 552 g/mol. The molecule has 0 saturated carbocycles. The molecule has 1 aliphatic heterocycles. The third kappa shape index (κ3) is 9.33. The number of hydrogen-bond acceptors (Lipinski definition) is 8. The van der Waals surface area contributed by atoms with Crippen LogP contribution in [0.15, 0.2) is 47.4 Å². The summed E-state index contributed by atoms with van der Waals surface area (Å²) in [7, 11) is 4.10. The van der Waals surface area contributed by atoms with Gasteiger partial charge in [0.15, 0.2) is 0 Å². The second kappa shape index (κ2) is 16.5. The van der Waals surface area contributed by atoms with E-state index < -0.39 is 24.3 Å². The Morgan fingerprint density at radius 3 is 2.43 bits per heavy atom. The summed E-state index contributed by atoms with van der Waals surface area (Å²) in [6, 6.07) is 13.9. The molecule has 0 aromatic heterocycles. The average Bonchev–Trinajstić information content (AvgIpc) is 3.14. The number of rotatable bonds is 15. The van der Waals surface area contributed by atoms with Crippen LogP contribution in [0, 0.1) is 0 Å². The van der Waals surface area contributed by atoms with Gasteiger partial charge in [-0.3, -0.25) is 5.32 Å². The van der Waals surface area contributed by atoms with Crippen LogP contribution >= 0.6 is 11.8 Å². The molecule has 42 heavy (non-hydrogen) atoms. The van der Waals surface area contributed by atoms with Gasteiger partial charge in [0.2, 0.25) is 0 Å². The Hall–Kier alpha value is -2.34. The van der Waals surface area contributed by atoms with Gasteiger partial charge in [-0.15, -0.1) is 11.8 Å². The molecule has 0 aliphatic carbocycles. The van der Waals surface area contributed by atoms with Gasteiger partial charge in [-0.05, 0) is 60.7 Å². The second-order valence-electron chi connectivity index (χ2n) is 11.6. The van der Waals surface area contributed by atoms with E-state index in [4.69, 9.17) is 5.11 Å². The fourth-order valence-corrected chi connectivity index (χ4v) is 6.68. The number of thioether (sulfide) groups is 1. The number of carbonyl (C=O) groups is 1. The van der Waals surface area contributed by atoms with E-state index in [-0.39, 0.29) is 31.2 Å². The highest BCUT2D eigenvalue weighted by molar-refractivity contribution is 7.99. The van der Waals surface area contributed by atoms with Crippen molar-refractivity contribution in [2.24, 2.45) is 0 Å². The number of nitrogens with zero attached hydrogens (tertiary/aromatic N) is 1. The number of nitrogens with one attached hydrogen (secondary N) is 3. The number of fused-ring (bicyclic) bond motifs is 1. The first-order valence-electron chi connectivity index (χ1n) is 15.1. The van der Waals surface area contributed by atoms with Crippen LogP contribution in [0.2, 0.25) is 0 Å². The van der Waals surface area contributed by atoms with Gasteiger partial charge in [0, 0.05) is 54.8 Å². The van der Waals surface area contributed by atoms with E-state index >= 15 is 0 Å². The Bertz CT molecular complexity index is 1130. The molecule has 0 saturated heterocycles. The summed E-state index contributed by atoms with van der Waals surface area (Å²) in [5.41, 5.74) is 4.00. The standard InChI is InChI=1S/C32H50N4O5S/c1-5-7-15-32(16-8-6-2)21-42-28-13-12-24(36(3)4)19-25(28)29(35-32)22-10-9-11-23(18-22)34-31(41)33-20-27(39)30(40)26(38)14-17-37/h9-13,18-19,26-27,29-30,35,37-40H,5-8,14-17,20-21H2,1-4H3,(H2,33,34,41)/t26?,27?,29-,30?/m1/s1. The first-order valence-corrected chi connectivity index (χ1v) is 16.1. The predicted molar refractivity (Wildman–Crippen MR) is 171 cm³/mol. The van der Waals surface area contributed by atoms with Crippen LogP contribution in [-0.2, 0) is 0 Å². The zero-order valence-electron chi connectivity index (χ0n) is 25.5. The first kappa shape index (κ1) is 34.2. The van der Waals surface area contributed by atoms with Crippen molar-refractivity contribution in [3.63, 3.8) is 0 Å². The predicted octanol–water partition coefficient (Wildman–Crippen LogP) is 4.24. The van der Waals surface area contributed by atoms with Gasteiger partial charge in [-0.25, -0.2) is 4.79 Å². The molecule has 3 unspecified atom stereocenters. The van der Waals surface area contributed by atoms with Crippen molar-refractivity contribution in [2.45, 2.75) is 93.6 Å². The molecule has 1 aliphatic rings. The average molecular weight is 603 g/mol. The maximum Gasteiger partial charge on any atom is 0.319 e. The summed E-state index contributed by atoms with van der Waals surface area (Å²) in [6.45, 7) is 3.91. The van der Waals surface area contributed by atoms with E-state index in [1.165, 1.54) is 10.5 Å². The van der Waals surface area contributed by atoms with Crippen molar-refractivity contribution in [3.05, 3.63) is 53.6 Å². The van der Waals surface area contributed by atoms with Gasteiger partial charge in [-0.1, -0.05) is 51.7 Å². The summed E-state index contributed by atoms with van der Waals surface area (Å²) < 4.78 is 0. The normalized spacial score (nSPS) is 18.3. The van der Waals surface area contributed by atoms with Crippen molar-refractivity contribution in [3.8, 4) is 0 Å². The molecule has 2 aromatic carbocycles. The molecule has 0 bridgehead atoms. The number of carbonyl (C=O) groups excluding carboxylic acids is 1. The van der Waals surface area contributed by atoms with Gasteiger partial charge >= 0.3 is 6.03 Å². The fraction of sp³-hybridized carbons (Fsp3) is 0.594. The number of aliphatic hydroxyl groups is 4. The molecule has 7 N–H and O–H groups in total. The Morgan fingerprint density at radius 2 is 1.79 bits per heavy atom. The van der Waals surface area contributed by atoms with E-state index in [1.54, 1.807) is 0 Å². The highest BCUT2D eigenvalue weighted by Crippen LogP contribution is 2.43. The van der Waals surface area contributed by atoms with Crippen LogP contribution in [0.25, 0.3) is 0 Å². The summed E-state index contributed by atoms with van der Waals surface area (Å²) in [5.74, 6) is 0.999. The van der Waals surface area contributed by atoms with Crippen LogP contribution < -0.4 is 20.9 Å². The topological polar surface area (TPSA) is 137 Å². The molecule has 0 fully saturated rings. The lowest BCUT2D eigenvalue weighted by atomic mass is 9.86. The highest BCUT2D eigenvalue weighted by atomic mass is 32.2. The van der Waals surface area contributed by atoms with Crippen LogP contribution in [0.1, 0.15) is 76.0 Å². The Kier molecular flexibility index (Phi) is 13.4.